The minimum atomic E-state index is -1.42. The monoisotopic (exact) mass is 464 g/mol. The lowest BCUT2D eigenvalue weighted by Crippen LogP contribution is -2.58. The molecule has 0 aromatic carbocycles. The number of rotatable bonds is 15. The third kappa shape index (κ3) is 11.0. The Morgan fingerprint density at radius 3 is 1.90 bits per heavy atom. The number of amides is 3. The predicted molar refractivity (Wildman–Crippen MR) is 113 cm³/mol. The molecule has 12 nitrogen and oxygen atoms in total. The summed E-state index contributed by atoms with van der Waals surface area (Å²) < 4.78 is 0. The van der Waals surface area contributed by atoms with E-state index in [1.54, 1.807) is 13.8 Å². The summed E-state index contributed by atoms with van der Waals surface area (Å²) in [7, 11) is 0. The summed E-state index contributed by atoms with van der Waals surface area (Å²) in [4.78, 5) is 59.3. The number of carbonyl (C=O) groups is 5. The van der Waals surface area contributed by atoms with Crippen LogP contribution in [0, 0.1) is 5.92 Å². The molecule has 8 N–H and O–H groups in total. The molecule has 4 atom stereocenters. The summed E-state index contributed by atoms with van der Waals surface area (Å²) >= 11 is 1.48. The van der Waals surface area contributed by atoms with Crippen LogP contribution in [-0.2, 0) is 24.0 Å². The molecule has 0 aliphatic rings. The van der Waals surface area contributed by atoms with E-state index in [-0.39, 0.29) is 6.42 Å². The fourth-order valence-corrected chi connectivity index (χ4v) is 2.91. The fourth-order valence-electron chi connectivity index (χ4n) is 2.43. The zero-order valence-electron chi connectivity index (χ0n) is 17.8. The molecule has 0 fully saturated rings. The molecular formula is C18H32N4O8S. The van der Waals surface area contributed by atoms with Crippen LogP contribution in [-0.4, -0.2) is 87.8 Å². The van der Waals surface area contributed by atoms with E-state index in [1.165, 1.54) is 11.8 Å². The lowest BCUT2D eigenvalue weighted by molar-refractivity contribution is -0.144. The molecule has 3 amide bonds. The Balaban J connectivity index is 5.27. The minimum Gasteiger partial charge on any atom is -0.481 e. The number of hydrogen-bond donors (Lipinski definition) is 7. The van der Waals surface area contributed by atoms with Crippen molar-refractivity contribution in [3.05, 3.63) is 0 Å². The lowest BCUT2D eigenvalue weighted by Gasteiger charge is -2.25. The summed E-state index contributed by atoms with van der Waals surface area (Å²) in [6.45, 7) is 2.35. The number of nitrogens with two attached hydrogens (primary N) is 1. The molecule has 178 valence electrons. The maximum absolute atomic E-state index is 12.5. The van der Waals surface area contributed by atoms with Crippen LogP contribution in [0.2, 0.25) is 0 Å². The van der Waals surface area contributed by atoms with Crippen molar-refractivity contribution in [3.8, 4) is 0 Å². The number of aliphatic hydroxyl groups is 1. The van der Waals surface area contributed by atoms with Gasteiger partial charge in [-0.25, -0.2) is 4.79 Å². The van der Waals surface area contributed by atoms with Crippen LogP contribution < -0.4 is 21.7 Å². The van der Waals surface area contributed by atoms with Crippen LogP contribution in [0.5, 0.6) is 0 Å². The first kappa shape index (κ1) is 28.6. The Bertz CT molecular complexity index is 646. The van der Waals surface area contributed by atoms with Gasteiger partial charge in [-0.3, -0.25) is 19.2 Å². The molecule has 0 aliphatic carbocycles. The van der Waals surface area contributed by atoms with Crippen molar-refractivity contribution in [1.82, 2.24) is 16.0 Å². The third-order valence-corrected chi connectivity index (χ3v) is 4.94. The largest absolute Gasteiger partial charge is 0.481 e. The average Bonchev–Trinajstić information content (AvgIpc) is 2.69. The van der Waals surface area contributed by atoms with Gasteiger partial charge in [0.1, 0.15) is 18.1 Å². The number of carboxylic acid groups (broad SMARTS) is 2. The molecule has 0 rings (SSSR count). The van der Waals surface area contributed by atoms with E-state index in [0.29, 0.717) is 12.2 Å². The van der Waals surface area contributed by atoms with Gasteiger partial charge in [-0.1, -0.05) is 13.8 Å². The van der Waals surface area contributed by atoms with E-state index < -0.39 is 72.8 Å². The first-order chi connectivity index (χ1) is 14.4. The molecule has 0 aromatic rings. The standard InChI is InChI=1S/C18H32N4O8S/c1-9(2)14(18(29)30)22-16(27)11(4-5-13(24)25)20-17(28)12(8-23)21-15(26)10(19)6-7-31-3/h9-12,14,23H,4-8,19H2,1-3H3,(H,20,28)(H,21,26)(H,22,27)(H,24,25)(H,29,30). The van der Waals surface area contributed by atoms with E-state index in [1.807, 2.05) is 6.26 Å². The van der Waals surface area contributed by atoms with Crippen LogP contribution in [0.25, 0.3) is 0 Å². The van der Waals surface area contributed by atoms with E-state index in [0.717, 1.165) is 0 Å². The van der Waals surface area contributed by atoms with Crippen LogP contribution >= 0.6 is 11.8 Å². The summed E-state index contributed by atoms with van der Waals surface area (Å²) in [5, 5.41) is 34.4. The second-order valence-corrected chi connectivity index (χ2v) is 8.18. The van der Waals surface area contributed by atoms with Gasteiger partial charge in [-0.05, 0) is 30.8 Å². The molecule has 0 spiro atoms. The van der Waals surface area contributed by atoms with Crippen LogP contribution in [0.15, 0.2) is 0 Å². The number of carbonyl (C=O) groups excluding carboxylic acids is 3. The second-order valence-electron chi connectivity index (χ2n) is 7.19. The first-order valence-corrected chi connectivity index (χ1v) is 11.0. The Morgan fingerprint density at radius 1 is 0.903 bits per heavy atom. The Kier molecular flexibility index (Phi) is 13.5. The number of thioether (sulfide) groups is 1. The van der Waals surface area contributed by atoms with Gasteiger partial charge in [0.2, 0.25) is 17.7 Å². The second kappa shape index (κ2) is 14.6. The summed E-state index contributed by atoms with van der Waals surface area (Å²) in [6, 6.07) is -4.96. The van der Waals surface area contributed by atoms with Crippen molar-refractivity contribution in [2.75, 3.05) is 18.6 Å². The first-order valence-electron chi connectivity index (χ1n) is 9.65. The number of carboxylic acids is 2. The molecule has 4 unspecified atom stereocenters. The van der Waals surface area contributed by atoms with Crippen LogP contribution in [0.4, 0.5) is 0 Å². The molecular weight excluding hydrogens is 432 g/mol. The Hall–Kier alpha value is -2.38. The molecule has 0 bridgehead atoms. The van der Waals surface area contributed by atoms with Crippen molar-refractivity contribution in [2.24, 2.45) is 11.7 Å². The van der Waals surface area contributed by atoms with Gasteiger partial charge in [0.15, 0.2) is 0 Å². The van der Waals surface area contributed by atoms with Gasteiger partial charge in [-0.2, -0.15) is 11.8 Å². The van der Waals surface area contributed by atoms with Crippen molar-refractivity contribution >= 4 is 41.4 Å². The van der Waals surface area contributed by atoms with Gasteiger partial charge < -0.3 is 37.0 Å². The van der Waals surface area contributed by atoms with Gasteiger partial charge in [0, 0.05) is 6.42 Å². The zero-order chi connectivity index (χ0) is 24.1. The zero-order valence-corrected chi connectivity index (χ0v) is 18.6. The highest BCUT2D eigenvalue weighted by molar-refractivity contribution is 7.98. The summed E-state index contributed by atoms with van der Waals surface area (Å²) in [5.74, 6) is -4.86. The summed E-state index contributed by atoms with van der Waals surface area (Å²) in [5.41, 5.74) is 5.72. The van der Waals surface area contributed by atoms with Gasteiger partial charge in [0.25, 0.3) is 0 Å². The minimum absolute atomic E-state index is 0.323. The molecule has 0 aromatic heterocycles. The van der Waals surface area contributed by atoms with E-state index in [9.17, 15) is 34.2 Å². The van der Waals surface area contributed by atoms with Crippen LogP contribution in [0.3, 0.4) is 0 Å². The van der Waals surface area contributed by atoms with Crippen molar-refractivity contribution in [2.45, 2.75) is 57.3 Å². The quantitative estimate of drug-likeness (QED) is 0.143. The molecule has 0 saturated heterocycles. The summed E-state index contributed by atoms with van der Waals surface area (Å²) in [6.07, 6.45) is 1.39. The molecule has 0 aliphatic heterocycles. The van der Waals surface area contributed by atoms with Gasteiger partial charge in [0.05, 0.1) is 12.6 Å². The van der Waals surface area contributed by atoms with Crippen molar-refractivity contribution < 1.29 is 39.3 Å². The fraction of sp³-hybridized carbons (Fsp3) is 0.722. The smallest absolute Gasteiger partial charge is 0.326 e. The predicted octanol–water partition coefficient (Wildman–Crippen LogP) is -1.88. The van der Waals surface area contributed by atoms with Crippen LogP contribution in [0.1, 0.15) is 33.1 Å². The van der Waals surface area contributed by atoms with Crippen molar-refractivity contribution in [1.29, 1.82) is 0 Å². The normalized spacial score (nSPS) is 14.8. The van der Waals surface area contributed by atoms with Gasteiger partial charge in [-0.15, -0.1) is 0 Å². The SMILES string of the molecule is CSCCC(N)C(=O)NC(CO)C(=O)NC(CCC(=O)O)C(=O)NC(C(=O)O)C(C)C. The molecule has 13 heteroatoms. The highest BCUT2D eigenvalue weighted by atomic mass is 32.2. The topological polar surface area (TPSA) is 208 Å². The van der Waals surface area contributed by atoms with Gasteiger partial charge >= 0.3 is 11.9 Å². The number of nitrogens with one attached hydrogen (secondary N) is 3. The van der Waals surface area contributed by atoms with E-state index in [2.05, 4.69) is 16.0 Å². The lowest BCUT2D eigenvalue weighted by atomic mass is 10.0. The molecule has 0 saturated carbocycles. The molecule has 0 radical (unpaired) electrons. The molecule has 0 heterocycles. The highest BCUT2D eigenvalue weighted by Crippen LogP contribution is 2.06. The highest BCUT2D eigenvalue weighted by Gasteiger charge is 2.31. The molecule has 31 heavy (non-hydrogen) atoms. The number of aliphatic carboxylic acids is 2. The average molecular weight is 465 g/mol. The maximum Gasteiger partial charge on any atom is 0.326 e. The number of aliphatic hydroxyl groups excluding tert-OH is 1. The Labute approximate surface area is 184 Å². The Morgan fingerprint density at radius 2 is 1.45 bits per heavy atom. The third-order valence-electron chi connectivity index (χ3n) is 4.30. The van der Waals surface area contributed by atoms with E-state index >= 15 is 0 Å². The van der Waals surface area contributed by atoms with E-state index in [4.69, 9.17) is 10.8 Å². The number of hydrogen-bond acceptors (Lipinski definition) is 8. The maximum atomic E-state index is 12.5. The van der Waals surface area contributed by atoms with Crippen molar-refractivity contribution in [3.63, 3.8) is 0 Å².